The van der Waals surface area contributed by atoms with Gasteiger partial charge in [-0.2, -0.15) is 0 Å². The van der Waals surface area contributed by atoms with Crippen LogP contribution in [0, 0.1) is 0 Å². The summed E-state index contributed by atoms with van der Waals surface area (Å²) >= 11 is 0. The molecule has 0 saturated heterocycles. The molecule has 2 rings (SSSR count). The number of benzene rings is 1. The molecule has 3 N–H and O–H groups in total. The van der Waals surface area contributed by atoms with Crippen molar-refractivity contribution in [3.63, 3.8) is 0 Å². The van der Waals surface area contributed by atoms with E-state index in [1.54, 1.807) is 26.0 Å². The third kappa shape index (κ3) is 6.49. The molecule has 2 amide bonds. The number of amides is 2. The van der Waals surface area contributed by atoms with Crippen LogP contribution in [-0.2, 0) is 22.3 Å². The van der Waals surface area contributed by atoms with Gasteiger partial charge < -0.3 is 10.6 Å². The molecule has 1 fully saturated rings. The normalized spacial score (nSPS) is 15.6. The summed E-state index contributed by atoms with van der Waals surface area (Å²) in [4.78, 5) is 11.8. The van der Waals surface area contributed by atoms with Crippen LogP contribution < -0.4 is 15.4 Å². The van der Waals surface area contributed by atoms with E-state index < -0.39 is 10.0 Å². The van der Waals surface area contributed by atoms with Gasteiger partial charge in [0, 0.05) is 18.6 Å². The standard InChI is InChI=1S/C17H27N3O3S/c1-13(2)20-24(22,23)12-15-9-7-14(8-10-15)11-18-17(21)19-16-5-3-4-6-16/h7-10,13,16,20H,3-6,11-12H2,1-2H3,(H2,18,19,21). The highest BCUT2D eigenvalue weighted by molar-refractivity contribution is 7.88. The molecule has 0 heterocycles. The summed E-state index contributed by atoms with van der Waals surface area (Å²) in [5.41, 5.74) is 1.66. The SMILES string of the molecule is CC(C)NS(=O)(=O)Cc1ccc(CNC(=O)NC2CCCC2)cc1. The van der Waals surface area contributed by atoms with Gasteiger partial charge >= 0.3 is 6.03 Å². The van der Waals surface area contributed by atoms with E-state index in [1.807, 2.05) is 12.1 Å². The van der Waals surface area contributed by atoms with Crippen LogP contribution in [0.25, 0.3) is 0 Å². The number of hydrogen-bond acceptors (Lipinski definition) is 3. The number of urea groups is 1. The Balaban J connectivity index is 1.80. The predicted molar refractivity (Wildman–Crippen MR) is 95.0 cm³/mol. The monoisotopic (exact) mass is 353 g/mol. The van der Waals surface area contributed by atoms with Crippen molar-refractivity contribution in [2.75, 3.05) is 0 Å². The Hall–Kier alpha value is -1.60. The van der Waals surface area contributed by atoms with E-state index in [0.717, 1.165) is 24.0 Å². The molecule has 134 valence electrons. The highest BCUT2D eigenvalue weighted by Crippen LogP contribution is 2.17. The van der Waals surface area contributed by atoms with Crippen LogP contribution in [0.1, 0.15) is 50.7 Å². The van der Waals surface area contributed by atoms with Gasteiger partial charge in [-0.15, -0.1) is 0 Å². The molecule has 7 heteroatoms. The van der Waals surface area contributed by atoms with Crippen LogP contribution in [0.5, 0.6) is 0 Å². The largest absolute Gasteiger partial charge is 0.335 e. The van der Waals surface area contributed by atoms with Gasteiger partial charge in [0.1, 0.15) is 0 Å². The topological polar surface area (TPSA) is 87.3 Å². The molecule has 0 unspecified atom stereocenters. The summed E-state index contributed by atoms with van der Waals surface area (Å²) in [5.74, 6) is -0.0406. The molecule has 0 bridgehead atoms. The first-order chi connectivity index (χ1) is 11.3. The number of rotatable bonds is 7. The summed E-state index contributed by atoms with van der Waals surface area (Å²) in [6.07, 6.45) is 4.48. The van der Waals surface area contributed by atoms with E-state index in [1.165, 1.54) is 12.8 Å². The smallest absolute Gasteiger partial charge is 0.315 e. The van der Waals surface area contributed by atoms with Crippen molar-refractivity contribution >= 4 is 16.1 Å². The molecule has 1 aromatic carbocycles. The van der Waals surface area contributed by atoms with Crippen molar-refractivity contribution in [3.05, 3.63) is 35.4 Å². The van der Waals surface area contributed by atoms with E-state index in [9.17, 15) is 13.2 Å². The molecule has 24 heavy (non-hydrogen) atoms. The van der Waals surface area contributed by atoms with Crippen molar-refractivity contribution in [1.82, 2.24) is 15.4 Å². The Labute approximate surface area is 144 Å². The Morgan fingerprint density at radius 2 is 1.71 bits per heavy atom. The van der Waals surface area contributed by atoms with Crippen molar-refractivity contribution in [2.45, 2.75) is 63.9 Å². The maximum Gasteiger partial charge on any atom is 0.315 e. The fourth-order valence-corrected chi connectivity index (χ4v) is 4.30. The van der Waals surface area contributed by atoms with Gasteiger partial charge in [0.05, 0.1) is 5.75 Å². The molecule has 1 saturated carbocycles. The molecule has 0 radical (unpaired) electrons. The second-order valence-corrected chi connectivity index (χ2v) is 8.41. The lowest BCUT2D eigenvalue weighted by Gasteiger charge is -2.13. The maximum atomic E-state index is 11.9. The second-order valence-electron chi connectivity index (χ2n) is 6.66. The zero-order valence-corrected chi connectivity index (χ0v) is 15.2. The molecule has 6 nitrogen and oxygen atoms in total. The zero-order valence-electron chi connectivity index (χ0n) is 14.3. The van der Waals surface area contributed by atoms with Gasteiger partial charge in [0.25, 0.3) is 0 Å². The second kappa shape index (κ2) is 8.48. The predicted octanol–water partition coefficient (Wildman–Crippen LogP) is 2.26. The fourth-order valence-electron chi connectivity index (χ4n) is 2.86. The molecule has 0 aromatic heterocycles. The first kappa shape index (κ1) is 18.7. The summed E-state index contributed by atoms with van der Waals surface area (Å²) in [6.45, 7) is 4.02. The van der Waals surface area contributed by atoms with Crippen molar-refractivity contribution in [2.24, 2.45) is 0 Å². The lowest BCUT2D eigenvalue weighted by Crippen LogP contribution is -2.40. The number of sulfonamides is 1. The van der Waals surface area contributed by atoms with Crippen LogP contribution in [0.15, 0.2) is 24.3 Å². The molecular weight excluding hydrogens is 326 g/mol. The Morgan fingerprint density at radius 3 is 2.29 bits per heavy atom. The molecule has 1 aliphatic carbocycles. The average molecular weight is 353 g/mol. The van der Waals surface area contributed by atoms with Crippen LogP contribution in [-0.4, -0.2) is 26.5 Å². The first-order valence-electron chi connectivity index (χ1n) is 8.46. The summed E-state index contributed by atoms with van der Waals surface area (Å²) in [5, 5.41) is 5.81. The van der Waals surface area contributed by atoms with E-state index in [-0.39, 0.29) is 17.8 Å². The third-order valence-corrected chi connectivity index (χ3v) is 5.48. The van der Waals surface area contributed by atoms with Gasteiger partial charge in [-0.05, 0) is 37.8 Å². The van der Waals surface area contributed by atoms with Gasteiger partial charge in [0.15, 0.2) is 0 Å². The number of carbonyl (C=O) groups is 1. The van der Waals surface area contributed by atoms with Gasteiger partial charge in [-0.1, -0.05) is 37.1 Å². The molecular formula is C17H27N3O3S. The van der Waals surface area contributed by atoms with Crippen LogP contribution in [0.3, 0.4) is 0 Å². The van der Waals surface area contributed by atoms with Crippen LogP contribution >= 0.6 is 0 Å². The van der Waals surface area contributed by atoms with E-state index in [0.29, 0.717) is 12.6 Å². The van der Waals surface area contributed by atoms with Gasteiger partial charge in [-0.3, -0.25) is 0 Å². The summed E-state index contributed by atoms with van der Waals surface area (Å²) < 4.78 is 26.4. The third-order valence-electron chi connectivity index (χ3n) is 3.94. The first-order valence-corrected chi connectivity index (χ1v) is 10.1. The van der Waals surface area contributed by atoms with Crippen molar-refractivity contribution < 1.29 is 13.2 Å². The number of carbonyl (C=O) groups excluding carboxylic acids is 1. The fraction of sp³-hybridized carbons (Fsp3) is 0.588. The van der Waals surface area contributed by atoms with Crippen molar-refractivity contribution in [1.29, 1.82) is 0 Å². The minimum atomic E-state index is -3.32. The molecule has 0 spiro atoms. The molecule has 1 aromatic rings. The van der Waals surface area contributed by atoms with Gasteiger partial charge in [-0.25, -0.2) is 17.9 Å². The molecule has 1 aliphatic rings. The average Bonchev–Trinajstić information content (AvgIpc) is 2.97. The van der Waals surface area contributed by atoms with E-state index in [2.05, 4.69) is 15.4 Å². The minimum Gasteiger partial charge on any atom is -0.335 e. The van der Waals surface area contributed by atoms with E-state index in [4.69, 9.17) is 0 Å². The lowest BCUT2D eigenvalue weighted by molar-refractivity contribution is 0.236. The zero-order chi connectivity index (χ0) is 17.6. The molecule has 0 aliphatic heterocycles. The Kier molecular flexibility index (Phi) is 6.62. The number of hydrogen-bond donors (Lipinski definition) is 3. The maximum absolute atomic E-state index is 11.9. The Morgan fingerprint density at radius 1 is 1.12 bits per heavy atom. The Bertz CT molecular complexity index is 636. The van der Waals surface area contributed by atoms with Crippen LogP contribution in [0.2, 0.25) is 0 Å². The lowest BCUT2D eigenvalue weighted by atomic mass is 10.1. The highest BCUT2D eigenvalue weighted by Gasteiger charge is 2.16. The summed E-state index contributed by atoms with van der Waals surface area (Å²) in [6, 6.07) is 7.29. The van der Waals surface area contributed by atoms with E-state index >= 15 is 0 Å². The summed E-state index contributed by atoms with van der Waals surface area (Å²) in [7, 11) is -3.32. The van der Waals surface area contributed by atoms with Gasteiger partial charge in [0.2, 0.25) is 10.0 Å². The number of nitrogens with one attached hydrogen (secondary N) is 3. The highest BCUT2D eigenvalue weighted by atomic mass is 32.2. The van der Waals surface area contributed by atoms with Crippen LogP contribution in [0.4, 0.5) is 4.79 Å². The molecule has 0 atom stereocenters. The van der Waals surface area contributed by atoms with Crippen molar-refractivity contribution in [3.8, 4) is 0 Å². The minimum absolute atomic E-state index is 0.0406. The quantitative estimate of drug-likeness (QED) is 0.703.